The van der Waals surface area contributed by atoms with Gasteiger partial charge in [-0.3, -0.25) is 0 Å². The van der Waals surface area contributed by atoms with Crippen molar-refractivity contribution in [2.24, 2.45) is 10.2 Å². The predicted octanol–water partition coefficient (Wildman–Crippen LogP) is 3.29. The Kier molecular flexibility index (Phi) is 5.11. The number of hydrogen-bond acceptors (Lipinski definition) is 5. The monoisotopic (exact) mass is 270 g/mol. The fourth-order valence-corrected chi connectivity index (χ4v) is 1.12. The van der Waals surface area contributed by atoms with Gasteiger partial charge in [-0.2, -0.15) is 5.11 Å². The first-order chi connectivity index (χ1) is 8.95. The highest BCUT2D eigenvalue weighted by molar-refractivity contribution is 5.88. The molecular weight excluding hydrogens is 258 g/mol. The van der Waals surface area contributed by atoms with Crippen LogP contribution in [0.5, 0.6) is 0 Å². The van der Waals surface area contributed by atoms with Gasteiger partial charge in [-0.05, 0) is 19.1 Å². The zero-order chi connectivity index (χ0) is 14.4. The fraction of sp³-hybridized carbons (Fsp3) is 0.250. The average molecular weight is 270 g/mol. The first kappa shape index (κ1) is 14.7. The second-order valence-corrected chi connectivity index (χ2v) is 3.56. The highest BCUT2D eigenvalue weighted by Crippen LogP contribution is 2.18. The number of hydrogen-bond donors (Lipinski definition) is 1. The Morgan fingerprint density at radius 1 is 1.32 bits per heavy atom. The summed E-state index contributed by atoms with van der Waals surface area (Å²) in [6, 6.07) is 6.66. The lowest BCUT2D eigenvalue weighted by atomic mass is 10.2. The third-order valence-corrected chi connectivity index (χ3v) is 2.13. The van der Waals surface area contributed by atoms with Crippen LogP contribution in [0.1, 0.15) is 5.56 Å². The van der Waals surface area contributed by atoms with Gasteiger partial charge in [-0.15, -0.1) is 5.11 Å². The number of methoxy groups -OCH3 is 1. The van der Waals surface area contributed by atoms with Gasteiger partial charge >= 0.3 is 5.97 Å². The van der Waals surface area contributed by atoms with E-state index in [1.807, 2.05) is 6.92 Å². The summed E-state index contributed by atoms with van der Waals surface area (Å²) in [5.41, 5.74) is 0.422. The van der Waals surface area contributed by atoms with E-state index in [-0.39, 0.29) is 0 Å². The molecule has 1 aromatic carbocycles. The molecule has 0 bridgehead atoms. The van der Waals surface area contributed by atoms with Gasteiger partial charge in [0.15, 0.2) is 5.76 Å². The molecule has 19 heavy (non-hydrogen) atoms. The van der Waals surface area contributed by atoms with E-state index < -0.39 is 23.9 Å². The summed E-state index contributed by atoms with van der Waals surface area (Å²) in [6.45, 7) is 1.86. The van der Waals surface area contributed by atoms with Crippen LogP contribution in [-0.4, -0.2) is 24.6 Å². The van der Waals surface area contributed by atoms with Gasteiger partial charge in [0.2, 0.25) is 5.70 Å². The Balaban J connectivity index is 3.05. The molecule has 5 nitrogen and oxygen atoms in total. The molecule has 0 aliphatic carbocycles. The lowest BCUT2D eigenvalue weighted by molar-refractivity contribution is -0.136. The number of azo groups is 1. The molecule has 0 amide bonds. The fourth-order valence-electron chi connectivity index (χ4n) is 1.12. The third-order valence-electron chi connectivity index (χ3n) is 2.13. The Morgan fingerprint density at radius 2 is 1.89 bits per heavy atom. The van der Waals surface area contributed by atoms with E-state index in [0.717, 1.165) is 12.7 Å². The van der Waals surface area contributed by atoms with Crippen LogP contribution >= 0.6 is 0 Å². The second-order valence-electron chi connectivity index (χ2n) is 3.56. The number of benzene rings is 1. The van der Waals surface area contributed by atoms with Gasteiger partial charge < -0.3 is 9.84 Å². The molecule has 0 atom stereocenters. The molecule has 0 fully saturated rings. The van der Waals surface area contributed by atoms with Crippen LogP contribution in [0.4, 0.5) is 14.5 Å². The molecule has 0 saturated heterocycles. The van der Waals surface area contributed by atoms with Gasteiger partial charge in [-0.1, -0.05) is 17.7 Å². The minimum absolute atomic E-state index is 0.356. The summed E-state index contributed by atoms with van der Waals surface area (Å²) in [5.74, 6) is -2.66. The standard InChI is InChI=1S/C12H12F2N2O3/c1-7-3-5-8(6-4-7)15-16-9(12(18)19-2)10(17)11(13)14/h3-6,11,17H,1-2H3/b10-9-,16-15?. The molecule has 0 saturated carbocycles. The minimum atomic E-state index is -3.23. The number of carbonyl (C=O) groups is 1. The lowest BCUT2D eigenvalue weighted by Crippen LogP contribution is -2.10. The maximum absolute atomic E-state index is 12.3. The maximum Gasteiger partial charge on any atom is 0.362 e. The van der Waals surface area contributed by atoms with E-state index in [0.29, 0.717) is 5.69 Å². The van der Waals surface area contributed by atoms with Crippen LogP contribution in [0, 0.1) is 6.92 Å². The number of esters is 1. The SMILES string of the molecule is COC(=O)/C(N=Nc1ccc(C)cc1)=C(/O)C(F)F. The van der Waals surface area contributed by atoms with Crippen molar-refractivity contribution in [1.82, 2.24) is 0 Å². The number of halogens is 2. The molecule has 0 heterocycles. The summed E-state index contributed by atoms with van der Waals surface area (Å²) >= 11 is 0. The van der Waals surface area contributed by atoms with Crippen molar-refractivity contribution in [3.63, 3.8) is 0 Å². The van der Waals surface area contributed by atoms with Gasteiger partial charge in [0.25, 0.3) is 6.43 Å². The molecule has 0 radical (unpaired) electrons. The van der Waals surface area contributed by atoms with E-state index >= 15 is 0 Å². The molecule has 1 N–H and O–H groups in total. The topological polar surface area (TPSA) is 71.2 Å². The van der Waals surface area contributed by atoms with E-state index in [1.165, 1.54) is 0 Å². The first-order valence-corrected chi connectivity index (χ1v) is 5.23. The molecule has 0 spiro atoms. The number of rotatable bonds is 4. The summed E-state index contributed by atoms with van der Waals surface area (Å²) in [5, 5.41) is 16.0. The highest BCUT2D eigenvalue weighted by atomic mass is 19.3. The summed E-state index contributed by atoms with van der Waals surface area (Å²) < 4.78 is 28.9. The zero-order valence-corrected chi connectivity index (χ0v) is 10.3. The highest BCUT2D eigenvalue weighted by Gasteiger charge is 2.22. The Morgan fingerprint density at radius 3 is 2.37 bits per heavy atom. The number of nitrogens with zero attached hydrogens (tertiary/aromatic N) is 2. The normalized spacial score (nSPS) is 12.7. The second kappa shape index (κ2) is 6.58. The number of aryl methyl sites for hydroxylation is 1. The van der Waals surface area contributed by atoms with Crippen molar-refractivity contribution in [3.05, 3.63) is 41.3 Å². The molecule has 7 heteroatoms. The maximum atomic E-state index is 12.3. The van der Waals surface area contributed by atoms with Crippen molar-refractivity contribution in [1.29, 1.82) is 0 Å². The van der Waals surface area contributed by atoms with E-state index in [4.69, 9.17) is 5.11 Å². The van der Waals surface area contributed by atoms with Crippen LogP contribution in [0.2, 0.25) is 0 Å². The Hall–Kier alpha value is -2.31. The van der Waals surface area contributed by atoms with Crippen LogP contribution in [0.15, 0.2) is 46.0 Å². The van der Waals surface area contributed by atoms with E-state index in [2.05, 4.69) is 15.0 Å². The van der Waals surface area contributed by atoms with Gasteiger partial charge in [0.05, 0.1) is 12.8 Å². The molecule has 1 aromatic rings. The van der Waals surface area contributed by atoms with Gasteiger partial charge in [-0.25, -0.2) is 13.6 Å². The number of aliphatic hydroxyl groups excluding tert-OH is 1. The molecule has 0 unspecified atom stereocenters. The molecule has 0 aliphatic heterocycles. The molecule has 0 aromatic heterocycles. The molecule has 1 rings (SSSR count). The Bertz CT molecular complexity index is 510. The number of aliphatic hydroxyl groups is 1. The predicted molar refractivity (Wildman–Crippen MR) is 63.4 cm³/mol. The molecule has 0 aliphatic rings. The molecular formula is C12H12F2N2O3. The third kappa shape index (κ3) is 4.13. The first-order valence-electron chi connectivity index (χ1n) is 5.23. The largest absolute Gasteiger partial charge is 0.505 e. The summed E-state index contributed by atoms with van der Waals surface area (Å²) in [4.78, 5) is 11.2. The average Bonchev–Trinajstić information content (AvgIpc) is 2.40. The van der Waals surface area contributed by atoms with Crippen molar-refractivity contribution in [2.45, 2.75) is 13.3 Å². The smallest absolute Gasteiger partial charge is 0.362 e. The van der Waals surface area contributed by atoms with Crippen molar-refractivity contribution >= 4 is 11.7 Å². The van der Waals surface area contributed by atoms with Gasteiger partial charge in [0.1, 0.15) is 0 Å². The van der Waals surface area contributed by atoms with Crippen molar-refractivity contribution < 1.29 is 23.4 Å². The van der Waals surface area contributed by atoms with Crippen LogP contribution in [-0.2, 0) is 9.53 Å². The summed E-state index contributed by atoms with van der Waals surface area (Å²) in [7, 11) is 0.989. The van der Waals surface area contributed by atoms with Crippen molar-refractivity contribution in [3.8, 4) is 0 Å². The number of carbonyl (C=O) groups excluding carboxylic acids is 1. The minimum Gasteiger partial charge on any atom is -0.505 e. The number of ether oxygens (including phenoxy) is 1. The quantitative estimate of drug-likeness (QED) is 0.395. The van der Waals surface area contributed by atoms with Crippen LogP contribution < -0.4 is 0 Å². The van der Waals surface area contributed by atoms with Crippen LogP contribution in [0.3, 0.4) is 0 Å². The van der Waals surface area contributed by atoms with E-state index in [1.54, 1.807) is 24.3 Å². The number of alkyl halides is 2. The number of allylic oxidation sites excluding steroid dienone is 1. The lowest BCUT2D eigenvalue weighted by Gasteiger charge is -2.02. The van der Waals surface area contributed by atoms with Crippen LogP contribution in [0.25, 0.3) is 0 Å². The summed E-state index contributed by atoms with van der Waals surface area (Å²) in [6.07, 6.45) is -3.23. The molecule has 102 valence electrons. The zero-order valence-electron chi connectivity index (χ0n) is 10.3. The van der Waals surface area contributed by atoms with E-state index in [9.17, 15) is 13.6 Å². The van der Waals surface area contributed by atoms with Crippen molar-refractivity contribution in [2.75, 3.05) is 7.11 Å². The Labute approximate surface area is 108 Å². The van der Waals surface area contributed by atoms with Gasteiger partial charge in [0, 0.05) is 0 Å².